The Morgan fingerprint density at radius 3 is 2.74 bits per heavy atom. The first-order valence-electron chi connectivity index (χ1n) is 9.04. The van der Waals surface area contributed by atoms with Crippen LogP contribution in [0, 0.1) is 15.5 Å². The summed E-state index contributed by atoms with van der Waals surface area (Å²) in [6, 6.07) is 3.49. The standard InChI is InChI=1S/C18H20N4O5/c1-20-16(24)18(15(23)19-17(20)25)10-11-9-12(22(26)27)6-7-13(11)21-8-4-2-3-5-14(18)21/h6-7,9,14H,2-5,8,10H2,1H3,(H,19,23,25)/t14-,18-/m0/s1. The molecule has 4 amide bonds. The molecule has 2 fully saturated rings. The number of nitro groups is 1. The number of nitrogens with one attached hydrogen (secondary N) is 1. The number of carbonyl (C=O) groups is 3. The third-order valence-corrected chi connectivity index (χ3v) is 5.99. The lowest BCUT2D eigenvalue weighted by atomic mass is 9.67. The minimum atomic E-state index is -1.45. The van der Waals surface area contributed by atoms with Gasteiger partial charge in [-0.3, -0.25) is 29.9 Å². The Morgan fingerprint density at radius 2 is 2.00 bits per heavy atom. The molecule has 3 heterocycles. The molecule has 4 rings (SSSR count). The van der Waals surface area contributed by atoms with Crippen molar-refractivity contribution in [2.75, 3.05) is 18.5 Å². The quantitative estimate of drug-likeness (QED) is 0.455. The van der Waals surface area contributed by atoms with Gasteiger partial charge in [-0.05, 0) is 24.5 Å². The van der Waals surface area contributed by atoms with Crippen molar-refractivity contribution in [1.29, 1.82) is 0 Å². The zero-order valence-corrected chi connectivity index (χ0v) is 14.9. The van der Waals surface area contributed by atoms with Gasteiger partial charge in [0, 0.05) is 37.8 Å². The van der Waals surface area contributed by atoms with Gasteiger partial charge in [-0.15, -0.1) is 0 Å². The van der Waals surface area contributed by atoms with E-state index in [1.54, 1.807) is 6.07 Å². The van der Waals surface area contributed by atoms with Crippen molar-refractivity contribution in [3.8, 4) is 0 Å². The molecule has 0 aliphatic carbocycles. The number of amides is 4. The zero-order chi connectivity index (χ0) is 19.3. The van der Waals surface area contributed by atoms with E-state index in [9.17, 15) is 24.5 Å². The van der Waals surface area contributed by atoms with E-state index in [0.717, 1.165) is 29.8 Å². The Kier molecular flexibility index (Phi) is 3.90. The molecule has 0 saturated carbocycles. The van der Waals surface area contributed by atoms with Gasteiger partial charge in [0.2, 0.25) is 11.8 Å². The molecule has 0 aromatic heterocycles. The molecule has 1 aromatic rings. The summed E-state index contributed by atoms with van der Waals surface area (Å²) in [5.74, 6) is -1.14. The van der Waals surface area contributed by atoms with Crippen LogP contribution >= 0.6 is 0 Å². The minimum Gasteiger partial charge on any atom is -0.367 e. The van der Waals surface area contributed by atoms with Crippen LogP contribution in [0.25, 0.3) is 0 Å². The molecule has 1 aromatic carbocycles. The number of hydrogen-bond acceptors (Lipinski definition) is 6. The van der Waals surface area contributed by atoms with Crippen LogP contribution < -0.4 is 10.2 Å². The normalized spacial score (nSPS) is 27.7. The number of benzene rings is 1. The van der Waals surface area contributed by atoms with E-state index < -0.39 is 28.2 Å². The smallest absolute Gasteiger partial charge is 0.330 e. The van der Waals surface area contributed by atoms with Crippen molar-refractivity contribution < 1.29 is 19.3 Å². The maximum atomic E-state index is 13.2. The topological polar surface area (TPSA) is 113 Å². The zero-order valence-electron chi connectivity index (χ0n) is 14.9. The van der Waals surface area contributed by atoms with Crippen molar-refractivity contribution in [1.82, 2.24) is 10.2 Å². The van der Waals surface area contributed by atoms with Crippen molar-refractivity contribution in [2.24, 2.45) is 5.41 Å². The van der Waals surface area contributed by atoms with Crippen LogP contribution in [0.4, 0.5) is 16.2 Å². The molecule has 1 spiro atoms. The Hall–Kier alpha value is -2.97. The average molecular weight is 372 g/mol. The van der Waals surface area contributed by atoms with E-state index in [4.69, 9.17) is 0 Å². The van der Waals surface area contributed by atoms with Gasteiger partial charge < -0.3 is 4.90 Å². The highest BCUT2D eigenvalue weighted by molar-refractivity contribution is 6.20. The average Bonchev–Trinajstić information content (AvgIpc) is 2.90. The lowest BCUT2D eigenvalue weighted by molar-refractivity contribution is -0.384. The summed E-state index contributed by atoms with van der Waals surface area (Å²) in [5, 5.41) is 13.5. The first kappa shape index (κ1) is 17.4. The highest BCUT2D eigenvalue weighted by Gasteiger charge is 2.61. The van der Waals surface area contributed by atoms with Crippen LogP contribution in [-0.2, 0) is 16.0 Å². The van der Waals surface area contributed by atoms with Crippen LogP contribution in [0.15, 0.2) is 18.2 Å². The second-order valence-electron chi connectivity index (χ2n) is 7.40. The van der Waals surface area contributed by atoms with Gasteiger partial charge >= 0.3 is 6.03 Å². The SMILES string of the molecule is CN1C(=O)NC(=O)[C@@]2(Cc3cc([N+](=O)[O-])ccc3N3CCCCC[C@H]32)C1=O. The number of fused-ring (bicyclic) bond motifs is 4. The number of carbonyl (C=O) groups excluding carboxylic acids is 3. The summed E-state index contributed by atoms with van der Waals surface area (Å²) in [6.07, 6.45) is 3.47. The third kappa shape index (κ3) is 2.41. The maximum absolute atomic E-state index is 13.2. The van der Waals surface area contributed by atoms with Gasteiger partial charge in [0.05, 0.1) is 11.0 Å². The fourth-order valence-corrected chi connectivity index (χ4v) is 4.67. The Labute approximate surface area is 155 Å². The second-order valence-corrected chi connectivity index (χ2v) is 7.40. The second kappa shape index (κ2) is 6.04. The van der Waals surface area contributed by atoms with E-state index in [0.29, 0.717) is 18.5 Å². The molecule has 142 valence electrons. The molecule has 1 N–H and O–H groups in total. The summed E-state index contributed by atoms with van der Waals surface area (Å²) in [4.78, 5) is 51.8. The molecular weight excluding hydrogens is 352 g/mol. The van der Waals surface area contributed by atoms with Gasteiger partial charge in [0.15, 0.2) is 5.41 Å². The van der Waals surface area contributed by atoms with Crippen molar-refractivity contribution in [2.45, 2.75) is 38.1 Å². The molecule has 27 heavy (non-hydrogen) atoms. The largest absolute Gasteiger partial charge is 0.367 e. The van der Waals surface area contributed by atoms with E-state index >= 15 is 0 Å². The molecule has 0 bridgehead atoms. The molecule has 2 atom stereocenters. The monoisotopic (exact) mass is 372 g/mol. The minimum absolute atomic E-state index is 0.0491. The molecule has 3 aliphatic rings. The molecule has 2 saturated heterocycles. The summed E-state index contributed by atoms with van der Waals surface area (Å²) in [6.45, 7) is 0.662. The van der Waals surface area contributed by atoms with Gasteiger partial charge in [-0.25, -0.2) is 4.79 Å². The highest BCUT2D eigenvalue weighted by Crippen LogP contribution is 2.47. The number of non-ortho nitro benzene ring substituents is 1. The molecule has 9 heteroatoms. The molecule has 3 aliphatic heterocycles. The Morgan fingerprint density at radius 1 is 1.22 bits per heavy atom. The van der Waals surface area contributed by atoms with Gasteiger partial charge in [-0.1, -0.05) is 12.8 Å². The Bertz CT molecular complexity index is 869. The summed E-state index contributed by atoms with van der Waals surface area (Å²) in [7, 11) is 1.36. The van der Waals surface area contributed by atoms with Gasteiger partial charge in [0.1, 0.15) is 0 Å². The number of urea groups is 1. The van der Waals surface area contributed by atoms with Gasteiger partial charge in [-0.2, -0.15) is 0 Å². The highest BCUT2D eigenvalue weighted by atomic mass is 16.6. The van der Waals surface area contributed by atoms with Crippen molar-refractivity contribution in [3.63, 3.8) is 0 Å². The van der Waals surface area contributed by atoms with E-state index in [1.165, 1.54) is 19.2 Å². The van der Waals surface area contributed by atoms with E-state index in [-0.39, 0.29) is 18.2 Å². The van der Waals surface area contributed by atoms with Crippen LogP contribution in [0.2, 0.25) is 0 Å². The number of nitro benzene ring substituents is 1. The van der Waals surface area contributed by atoms with Crippen LogP contribution in [0.3, 0.4) is 0 Å². The maximum Gasteiger partial charge on any atom is 0.330 e. The summed E-state index contributed by atoms with van der Waals surface area (Å²) >= 11 is 0. The number of anilines is 1. The van der Waals surface area contributed by atoms with Crippen molar-refractivity contribution >= 4 is 29.2 Å². The number of imide groups is 2. The Balaban J connectivity index is 1.91. The van der Waals surface area contributed by atoms with Crippen LogP contribution in [0.1, 0.15) is 31.2 Å². The number of rotatable bonds is 1. The number of nitrogens with zero attached hydrogens (tertiary/aromatic N) is 3. The number of hydrogen-bond donors (Lipinski definition) is 1. The fraction of sp³-hybridized carbons (Fsp3) is 0.500. The lowest BCUT2D eigenvalue weighted by Crippen LogP contribution is -2.71. The third-order valence-electron chi connectivity index (χ3n) is 5.99. The van der Waals surface area contributed by atoms with Crippen LogP contribution in [0.5, 0.6) is 0 Å². The lowest BCUT2D eigenvalue weighted by Gasteiger charge is -2.51. The molecule has 0 radical (unpaired) electrons. The summed E-state index contributed by atoms with van der Waals surface area (Å²) in [5.41, 5.74) is -0.105. The fourth-order valence-electron chi connectivity index (χ4n) is 4.67. The van der Waals surface area contributed by atoms with Gasteiger partial charge in [0.25, 0.3) is 5.69 Å². The van der Waals surface area contributed by atoms with E-state index in [2.05, 4.69) is 5.32 Å². The first-order valence-corrected chi connectivity index (χ1v) is 9.04. The van der Waals surface area contributed by atoms with Crippen molar-refractivity contribution in [3.05, 3.63) is 33.9 Å². The molecule has 9 nitrogen and oxygen atoms in total. The predicted octanol–water partition coefficient (Wildman–Crippen LogP) is 1.59. The predicted molar refractivity (Wildman–Crippen MR) is 95.1 cm³/mol. The molecular formula is C18H20N4O5. The molecule has 0 unspecified atom stereocenters. The van der Waals surface area contributed by atoms with Crippen LogP contribution in [-0.4, -0.2) is 47.3 Å². The first-order chi connectivity index (χ1) is 12.9. The van der Waals surface area contributed by atoms with E-state index in [1.807, 2.05) is 4.90 Å². The number of barbiturate groups is 1. The summed E-state index contributed by atoms with van der Waals surface area (Å²) < 4.78 is 0.